The van der Waals surface area contributed by atoms with Gasteiger partial charge in [-0.15, -0.1) is 0 Å². The number of furan rings is 1. The molecule has 0 saturated heterocycles. The Hall–Kier alpha value is -2.03. The van der Waals surface area contributed by atoms with E-state index in [1.54, 1.807) is 0 Å². The van der Waals surface area contributed by atoms with Crippen LogP contribution in [-0.4, -0.2) is 12.5 Å². The van der Waals surface area contributed by atoms with E-state index in [1.165, 1.54) is 0 Å². The Bertz CT molecular complexity index is 543. The standard InChI is InChI=1S/C14H13NO2/c16-14-11-9-13(10-5-2-1-3-6-10)17-12(11)7-4-8-15-14/h1-3,5-6,9H,4,7-8H2,(H,15,16). The highest BCUT2D eigenvalue weighted by molar-refractivity contribution is 5.96. The van der Waals surface area contributed by atoms with Crippen molar-refractivity contribution in [3.05, 3.63) is 47.7 Å². The monoisotopic (exact) mass is 227 g/mol. The van der Waals surface area contributed by atoms with Crippen molar-refractivity contribution in [3.63, 3.8) is 0 Å². The van der Waals surface area contributed by atoms with Crippen LogP contribution in [0.1, 0.15) is 22.5 Å². The lowest BCUT2D eigenvalue weighted by atomic mass is 10.1. The summed E-state index contributed by atoms with van der Waals surface area (Å²) in [5, 5.41) is 2.87. The van der Waals surface area contributed by atoms with Crippen LogP contribution in [0.4, 0.5) is 0 Å². The molecule has 0 saturated carbocycles. The minimum Gasteiger partial charge on any atom is -0.460 e. The normalized spacial score (nSPS) is 14.9. The molecule has 3 rings (SSSR count). The number of hydrogen-bond donors (Lipinski definition) is 1. The molecule has 0 fully saturated rings. The molecular formula is C14H13NO2. The zero-order chi connectivity index (χ0) is 11.7. The summed E-state index contributed by atoms with van der Waals surface area (Å²) in [4.78, 5) is 11.8. The SMILES string of the molecule is O=C1NCCCc2oc(-c3ccccc3)cc21. The summed E-state index contributed by atoms with van der Waals surface area (Å²) in [5.74, 6) is 1.55. The maximum Gasteiger partial charge on any atom is 0.254 e. The Morgan fingerprint density at radius 3 is 2.82 bits per heavy atom. The predicted octanol–water partition coefficient (Wildman–Crippen LogP) is 2.62. The second kappa shape index (κ2) is 4.09. The Balaban J connectivity index is 2.05. The van der Waals surface area contributed by atoms with Gasteiger partial charge >= 0.3 is 0 Å². The smallest absolute Gasteiger partial charge is 0.254 e. The molecular weight excluding hydrogens is 214 g/mol. The van der Waals surface area contributed by atoms with E-state index in [0.29, 0.717) is 5.56 Å². The van der Waals surface area contributed by atoms with Gasteiger partial charge in [0, 0.05) is 18.5 Å². The second-order valence-corrected chi connectivity index (χ2v) is 4.17. The van der Waals surface area contributed by atoms with Gasteiger partial charge in [0.25, 0.3) is 5.91 Å². The molecule has 2 aromatic rings. The topological polar surface area (TPSA) is 42.2 Å². The molecule has 86 valence electrons. The Kier molecular flexibility index (Phi) is 2.44. The summed E-state index contributed by atoms with van der Waals surface area (Å²) in [6.07, 6.45) is 1.75. The number of benzene rings is 1. The van der Waals surface area contributed by atoms with Crippen LogP contribution >= 0.6 is 0 Å². The first-order valence-electron chi connectivity index (χ1n) is 5.81. The van der Waals surface area contributed by atoms with Crippen LogP contribution in [-0.2, 0) is 6.42 Å². The van der Waals surface area contributed by atoms with Crippen LogP contribution in [0.15, 0.2) is 40.8 Å². The summed E-state index contributed by atoms with van der Waals surface area (Å²) in [5.41, 5.74) is 1.69. The van der Waals surface area contributed by atoms with E-state index in [-0.39, 0.29) is 5.91 Å². The van der Waals surface area contributed by atoms with Gasteiger partial charge in [-0.3, -0.25) is 4.79 Å². The summed E-state index contributed by atoms with van der Waals surface area (Å²) >= 11 is 0. The quantitative estimate of drug-likeness (QED) is 0.813. The molecule has 0 unspecified atom stereocenters. The molecule has 0 radical (unpaired) electrons. The van der Waals surface area contributed by atoms with Crippen molar-refractivity contribution in [2.45, 2.75) is 12.8 Å². The van der Waals surface area contributed by atoms with Crippen molar-refractivity contribution in [3.8, 4) is 11.3 Å². The lowest BCUT2D eigenvalue weighted by Gasteiger charge is -1.97. The highest BCUT2D eigenvalue weighted by Crippen LogP contribution is 2.27. The molecule has 3 heteroatoms. The average Bonchev–Trinajstić information content (AvgIpc) is 2.72. The van der Waals surface area contributed by atoms with E-state index in [9.17, 15) is 4.79 Å². The Morgan fingerprint density at radius 2 is 2.00 bits per heavy atom. The van der Waals surface area contributed by atoms with Crippen molar-refractivity contribution in [2.24, 2.45) is 0 Å². The molecule has 17 heavy (non-hydrogen) atoms. The maximum atomic E-state index is 11.8. The zero-order valence-electron chi connectivity index (χ0n) is 9.40. The van der Waals surface area contributed by atoms with Gasteiger partial charge in [-0.2, -0.15) is 0 Å². The van der Waals surface area contributed by atoms with Gasteiger partial charge in [-0.25, -0.2) is 0 Å². The minimum absolute atomic E-state index is 0.0246. The van der Waals surface area contributed by atoms with Crippen LogP contribution in [0.5, 0.6) is 0 Å². The predicted molar refractivity (Wildman–Crippen MR) is 64.8 cm³/mol. The van der Waals surface area contributed by atoms with Gasteiger partial charge in [0.2, 0.25) is 0 Å². The van der Waals surface area contributed by atoms with Crippen LogP contribution in [0.2, 0.25) is 0 Å². The molecule has 0 atom stereocenters. The van der Waals surface area contributed by atoms with E-state index >= 15 is 0 Å². The summed E-state index contributed by atoms with van der Waals surface area (Å²) in [6, 6.07) is 11.7. The lowest BCUT2D eigenvalue weighted by molar-refractivity contribution is 0.0955. The van der Waals surface area contributed by atoms with Crippen LogP contribution in [0.3, 0.4) is 0 Å². The third kappa shape index (κ3) is 1.84. The van der Waals surface area contributed by atoms with Gasteiger partial charge in [0.1, 0.15) is 11.5 Å². The average molecular weight is 227 g/mol. The van der Waals surface area contributed by atoms with Crippen LogP contribution < -0.4 is 5.32 Å². The largest absolute Gasteiger partial charge is 0.460 e. The second-order valence-electron chi connectivity index (χ2n) is 4.17. The van der Waals surface area contributed by atoms with Crippen molar-refractivity contribution in [1.82, 2.24) is 5.32 Å². The number of carbonyl (C=O) groups is 1. The maximum absolute atomic E-state index is 11.8. The first-order valence-corrected chi connectivity index (χ1v) is 5.81. The number of fused-ring (bicyclic) bond motifs is 1. The molecule has 1 N–H and O–H groups in total. The molecule has 1 aromatic heterocycles. The highest BCUT2D eigenvalue weighted by atomic mass is 16.3. The number of aryl methyl sites for hydroxylation is 1. The molecule has 1 aliphatic heterocycles. The molecule has 2 heterocycles. The zero-order valence-corrected chi connectivity index (χ0v) is 9.40. The minimum atomic E-state index is -0.0246. The molecule has 0 spiro atoms. The van der Waals surface area contributed by atoms with E-state index in [0.717, 1.165) is 36.5 Å². The summed E-state index contributed by atoms with van der Waals surface area (Å²) in [7, 11) is 0. The molecule has 1 aromatic carbocycles. The van der Waals surface area contributed by atoms with Crippen LogP contribution in [0.25, 0.3) is 11.3 Å². The Labute approximate surface area is 99.4 Å². The lowest BCUT2D eigenvalue weighted by Crippen LogP contribution is -2.22. The number of hydrogen-bond acceptors (Lipinski definition) is 2. The van der Waals surface area contributed by atoms with Crippen LogP contribution in [0, 0.1) is 0 Å². The number of rotatable bonds is 1. The summed E-state index contributed by atoms with van der Waals surface area (Å²) < 4.78 is 5.78. The third-order valence-corrected chi connectivity index (χ3v) is 2.98. The first kappa shape index (κ1) is 10.1. The van der Waals surface area contributed by atoms with Gasteiger partial charge in [-0.05, 0) is 12.5 Å². The fraction of sp³-hybridized carbons (Fsp3) is 0.214. The Morgan fingerprint density at radius 1 is 1.18 bits per heavy atom. The van der Waals surface area contributed by atoms with Crippen molar-refractivity contribution < 1.29 is 9.21 Å². The van der Waals surface area contributed by atoms with Crippen molar-refractivity contribution in [1.29, 1.82) is 0 Å². The number of nitrogens with one attached hydrogen (secondary N) is 1. The molecule has 0 aliphatic carbocycles. The van der Waals surface area contributed by atoms with E-state index in [4.69, 9.17) is 4.42 Å². The molecule has 3 nitrogen and oxygen atoms in total. The van der Waals surface area contributed by atoms with Crippen molar-refractivity contribution >= 4 is 5.91 Å². The van der Waals surface area contributed by atoms with Crippen molar-refractivity contribution in [2.75, 3.05) is 6.54 Å². The number of amides is 1. The van der Waals surface area contributed by atoms with E-state index in [2.05, 4.69) is 5.32 Å². The van der Waals surface area contributed by atoms with Gasteiger partial charge in [-0.1, -0.05) is 30.3 Å². The molecule has 0 bridgehead atoms. The molecule has 1 amide bonds. The van der Waals surface area contributed by atoms with Gasteiger partial charge in [0.05, 0.1) is 5.56 Å². The number of carbonyl (C=O) groups excluding carboxylic acids is 1. The third-order valence-electron chi connectivity index (χ3n) is 2.98. The fourth-order valence-electron chi connectivity index (χ4n) is 2.10. The first-order chi connectivity index (χ1) is 8.34. The van der Waals surface area contributed by atoms with E-state index in [1.807, 2.05) is 36.4 Å². The fourth-order valence-corrected chi connectivity index (χ4v) is 2.10. The van der Waals surface area contributed by atoms with Gasteiger partial charge in [0.15, 0.2) is 0 Å². The van der Waals surface area contributed by atoms with Gasteiger partial charge < -0.3 is 9.73 Å². The van der Waals surface area contributed by atoms with E-state index < -0.39 is 0 Å². The highest BCUT2D eigenvalue weighted by Gasteiger charge is 2.20. The molecule has 1 aliphatic rings. The summed E-state index contributed by atoms with van der Waals surface area (Å²) in [6.45, 7) is 0.726.